The third kappa shape index (κ3) is 3.52. The van der Waals surface area contributed by atoms with Crippen molar-refractivity contribution in [3.63, 3.8) is 0 Å². The second-order valence-electron chi connectivity index (χ2n) is 6.29. The van der Waals surface area contributed by atoms with E-state index in [4.69, 9.17) is 23.9 Å². The zero-order valence-corrected chi connectivity index (χ0v) is 17.0. The maximum absolute atomic E-state index is 5.50. The molecule has 4 rings (SSSR count). The highest BCUT2D eigenvalue weighted by atomic mass is 16.5. The van der Waals surface area contributed by atoms with Gasteiger partial charge in [-0.1, -0.05) is 0 Å². The number of nitrogens with zero attached hydrogens (tertiary/aromatic N) is 3. The van der Waals surface area contributed by atoms with Crippen LogP contribution in [0.4, 0.5) is 11.5 Å². The lowest BCUT2D eigenvalue weighted by molar-refractivity contribution is 0.355. The van der Waals surface area contributed by atoms with Gasteiger partial charge < -0.3 is 24.3 Å². The van der Waals surface area contributed by atoms with Gasteiger partial charge in [0.15, 0.2) is 23.1 Å². The van der Waals surface area contributed by atoms with Crippen molar-refractivity contribution < 1.29 is 18.9 Å². The summed E-state index contributed by atoms with van der Waals surface area (Å²) in [5, 5.41) is 10.4. The number of H-pyrrole nitrogens is 1. The molecule has 0 fully saturated rings. The number of aromatic nitrogens is 4. The fraction of sp³-hybridized carbons (Fsp3) is 0.190. The van der Waals surface area contributed by atoms with Gasteiger partial charge in [0, 0.05) is 11.8 Å². The van der Waals surface area contributed by atoms with Crippen LogP contribution >= 0.6 is 0 Å². The van der Waals surface area contributed by atoms with E-state index in [2.05, 4.69) is 20.5 Å². The molecule has 2 N–H and O–H groups in total. The highest BCUT2D eigenvalue weighted by Crippen LogP contribution is 2.35. The molecule has 0 radical (unpaired) electrons. The summed E-state index contributed by atoms with van der Waals surface area (Å²) < 4.78 is 21.5. The number of benzene rings is 2. The minimum absolute atomic E-state index is 0.475. The normalized spacial score (nSPS) is 10.7. The molecule has 2 heterocycles. The van der Waals surface area contributed by atoms with Gasteiger partial charge in [0.25, 0.3) is 0 Å². The monoisotopic (exact) mass is 407 g/mol. The first-order chi connectivity index (χ1) is 14.7. The average Bonchev–Trinajstić information content (AvgIpc) is 3.27. The number of hydrogen-bond acceptors (Lipinski definition) is 8. The van der Waals surface area contributed by atoms with Gasteiger partial charge in [0.05, 0.1) is 40.2 Å². The summed E-state index contributed by atoms with van der Waals surface area (Å²) in [4.78, 5) is 9.35. The van der Waals surface area contributed by atoms with E-state index in [1.165, 1.54) is 0 Å². The minimum atomic E-state index is 0.475. The first kappa shape index (κ1) is 19.3. The van der Waals surface area contributed by atoms with Crippen molar-refractivity contribution in [1.29, 1.82) is 0 Å². The number of nitrogens with one attached hydrogen (secondary N) is 2. The largest absolute Gasteiger partial charge is 0.497 e. The Morgan fingerprint density at radius 3 is 2.30 bits per heavy atom. The van der Waals surface area contributed by atoms with Crippen molar-refractivity contribution in [2.45, 2.75) is 0 Å². The molecule has 2 aromatic carbocycles. The van der Waals surface area contributed by atoms with Crippen molar-refractivity contribution >= 4 is 22.5 Å². The van der Waals surface area contributed by atoms with E-state index in [-0.39, 0.29) is 0 Å². The van der Waals surface area contributed by atoms with Crippen molar-refractivity contribution in [1.82, 2.24) is 20.2 Å². The van der Waals surface area contributed by atoms with Gasteiger partial charge in [0.2, 0.25) is 0 Å². The maximum Gasteiger partial charge on any atom is 0.166 e. The molecule has 0 saturated carbocycles. The summed E-state index contributed by atoms with van der Waals surface area (Å²) in [7, 11) is 6.39. The zero-order valence-electron chi connectivity index (χ0n) is 17.0. The Labute approximate surface area is 173 Å². The van der Waals surface area contributed by atoms with Gasteiger partial charge in [0.1, 0.15) is 22.5 Å². The van der Waals surface area contributed by atoms with Gasteiger partial charge in [-0.2, -0.15) is 5.10 Å². The smallest absolute Gasteiger partial charge is 0.166 e. The maximum atomic E-state index is 5.50. The van der Waals surface area contributed by atoms with Crippen molar-refractivity contribution in [3.8, 4) is 34.4 Å². The number of rotatable bonds is 7. The molecule has 9 heteroatoms. The van der Waals surface area contributed by atoms with Gasteiger partial charge in [-0.05, 0) is 30.3 Å². The Bertz CT molecular complexity index is 1190. The number of anilines is 2. The molecule has 30 heavy (non-hydrogen) atoms. The van der Waals surface area contributed by atoms with Crippen LogP contribution in [0, 0.1) is 0 Å². The predicted octanol–water partition coefficient (Wildman–Crippen LogP) is 3.80. The summed E-state index contributed by atoms with van der Waals surface area (Å²) in [6.07, 6.45) is 1.65. The standard InChI is InChI=1S/C21H21N5O4/c1-27-13-6-8-16(28-2)14(10-13)20-24-15-11-22-26-19(15)21(25-20)23-12-5-7-17(29-3)18(9-12)30-4/h5-11H,1-4H3,(H,22,26)(H,23,24,25). The quantitative estimate of drug-likeness (QED) is 0.477. The molecule has 0 amide bonds. The van der Waals surface area contributed by atoms with Gasteiger partial charge in [-0.15, -0.1) is 0 Å². The van der Waals surface area contributed by atoms with Crippen LogP contribution < -0.4 is 24.3 Å². The Hall–Kier alpha value is -4.01. The van der Waals surface area contributed by atoms with Crippen LogP contribution in [0.1, 0.15) is 0 Å². The van der Waals surface area contributed by atoms with E-state index in [1.807, 2.05) is 36.4 Å². The number of ether oxygens (including phenoxy) is 4. The van der Waals surface area contributed by atoms with E-state index in [9.17, 15) is 0 Å². The number of aromatic amines is 1. The first-order valence-corrected chi connectivity index (χ1v) is 9.09. The first-order valence-electron chi connectivity index (χ1n) is 9.09. The molecular weight excluding hydrogens is 386 g/mol. The van der Waals surface area contributed by atoms with Gasteiger partial charge in [-0.3, -0.25) is 5.10 Å². The average molecular weight is 407 g/mol. The SMILES string of the molecule is COc1ccc(OC)c(-c2nc(Nc3ccc(OC)c(OC)c3)c3[nH]ncc3n2)c1. The Balaban J connectivity index is 1.82. The summed E-state index contributed by atoms with van der Waals surface area (Å²) in [6.45, 7) is 0. The lowest BCUT2D eigenvalue weighted by Crippen LogP contribution is -2.01. The molecule has 9 nitrogen and oxygen atoms in total. The van der Waals surface area contributed by atoms with E-state index in [0.717, 1.165) is 5.69 Å². The highest BCUT2D eigenvalue weighted by molar-refractivity contribution is 5.89. The van der Waals surface area contributed by atoms with Crippen LogP contribution in [0.15, 0.2) is 42.6 Å². The summed E-state index contributed by atoms with van der Waals surface area (Å²) in [5.41, 5.74) is 2.81. The molecule has 0 saturated heterocycles. The van der Waals surface area contributed by atoms with Crippen LogP contribution in [0.5, 0.6) is 23.0 Å². The Morgan fingerprint density at radius 2 is 1.57 bits per heavy atom. The molecular formula is C21H21N5O4. The molecule has 0 aliphatic rings. The van der Waals surface area contributed by atoms with E-state index in [1.54, 1.807) is 34.6 Å². The minimum Gasteiger partial charge on any atom is -0.497 e. The van der Waals surface area contributed by atoms with Crippen molar-refractivity contribution in [2.75, 3.05) is 33.8 Å². The zero-order chi connectivity index (χ0) is 21.1. The lowest BCUT2D eigenvalue weighted by atomic mass is 10.1. The topological polar surface area (TPSA) is 103 Å². The predicted molar refractivity (Wildman–Crippen MR) is 113 cm³/mol. The Morgan fingerprint density at radius 1 is 0.800 bits per heavy atom. The van der Waals surface area contributed by atoms with E-state index in [0.29, 0.717) is 51.2 Å². The molecule has 0 atom stereocenters. The number of fused-ring (bicyclic) bond motifs is 1. The Kier molecular flexibility index (Phi) is 5.25. The molecule has 0 unspecified atom stereocenters. The summed E-state index contributed by atoms with van der Waals surface area (Å²) >= 11 is 0. The summed E-state index contributed by atoms with van der Waals surface area (Å²) in [6, 6.07) is 11.0. The molecule has 154 valence electrons. The second-order valence-corrected chi connectivity index (χ2v) is 6.29. The molecule has 0 bridgehead atoms. The van der Waals surface area contributed by atoms with Crippen molar-refractivity contribution in [2.24, 2.45) is 0 Å². The third-order valence-corrected chi connectivity index (χ3v) is 4.59. The lowest BCUT2D eigenvalue weighted by Gasteiger charge is -2.13. The molecule has 2 aromatic heterocycles. The highest BCUT2D eigenvalue weighted by Gasteiger charge is 2.16. The molecule has 4 aromatic rings. The van der Waals surface area contributed by atoms with E-state index < -0.39 is 0 Å². The van der Waals surface area contributed by atoms with Crippen LogP contribution in [-0.2, 0) is 0 Å². The van der Waals surface area contributed by atoms with Gasteiger partial charge in [-0.25, -0.2) is 9.97 Å². The molecule has 0 aliphatic heterocycles. The van der Waals surface area contributed by atoms with Gasteiger partial charge >= 0.3 is 0 Å². The summed E-state index contributed by atoms with van der Waals surface area (Å²) in [5.74, 6) is 3.59. The van der Waals surface area contributed by atoms with E-state index >= 15 is 0 Å². The fourth-order valence-corrected chi connectivity index (χ4v) is 3.09. The van der Waals surface area contributed by atoms with Crippen LogP contribution in [-0.4, -0.2) is 48.6 Å². The van der Waals surface area contributed by atoms with Crippen LogP contribution in [0.25, 0.3) is 22.4 Å². The molecule has 0 aliphatic carbocycles. The van der Waals surface area contributed by atoms with Crippen LogP contribution in [0.2, 0.25) is 0 Å². The number of methoxy groups -OCH3 is 4. The fourth-order valence-electron chi connectivity index (χ4n) is 3.09. The van der Waals surface area contributed by atoms with Crippen LogP contribution in [0.3, 0.4) is 0 Å². The molecule has 0 spiro atoms. The second kappa shape index (κ2) is 8.16. The third-order valence-electron chi connectivity index (χ3n) is 4.59. The van der Waals surface area contributed by atoms with Crippen molar-refractivity contribution in [3.05, 3.63) is 42.6 Å². The number of hydrogen-bond donors (Lipinski definition) is 2.